The first kappa shape index (κ1) is 21.2. The molecule has 4 rings (SSSR count). The lowest BCUT2D eigenvalue weighted by molar-refractivity contribution is -0.119. The van der Waals surface area contributed by atoms with Crippen LogP contribution in [0.1, 0.15) is 15.9 Å². The van der Waals surface area contributed by atoms with Crippen molar-refractivity contribution in [2.24, 2.45) is 0 Å². The number of nitrogens with zero attached hydrogens (tertiary/aromatic N) is 2. The third kappa shape index (κ3) is 4.54. The van der Waals surface area contributed by atoms with Gasteiger partial charge in [-0.15, -0.1) is 11.3 Å². The van der Waals surface area contributed by atoms with Crippen molar-refractivity contribution in [1.82, 2.24) is 9.97 Å². The molecule has 156 valence electrons. The van der Waals surface area contributed by atoms with E-state index in [1.54, 1.807) is 19.1 Å². The Morgan fingerprint density at radius 1 is 1.16 bits per heavy atom. The number of thiophene rings is 1. The number of fused-ring (bicyclic) bond motifs is 1. The molecule has 0 aliphatic heterocycles. The molecule has 3 aromatic heterocycles. The third-order valence-corrected chi connectivity index (χ3v) is 6.24. The Balaban J connectivity index is 1.53. The lowest BCUT2D eigenvalue weighted by atomic mass is 10.1. The Kier molecular flexibility index (Phi) is 6.18. The van der Waals surface area contributed by atoms with E-state index in [1.807, 2.05) is 35.7 Å². The molecule has 0 bridgehead atoms. The van der Waals surface area contributed by atoms with Crippen molar-refractivity contribution in [1.29, 1.82) is 0 Å². The summed E-state index contributed by atoms with van der Waals surface area (Å²) in [5.74, 6) is -1.04. The molecule has 3 heterocycles. The van der Waals surface area contributed by atoms with Gasteiger partial charge in [-0.3, -0.25) is 4.79 Å². The number of halogens is 2. The van der Waals surface area contributed by atoms with Crippen molar-refractivity contribution in [2.75, 3.05) is 11.9 Å². The average Bonchev–Trinajstić information content (AvgIpc) is 3.32. The number of hydrogen-bond acceptors (Lipinski definition) is 6. The van der Waals surface area contributed by atoms with E-state index in [9.17, 15) is 9.59 Å². The minimum atomic E-state index is -0.627. The van der Waals surface area contributed by atoms with Crippen molar-refractivity contribution in [3.63, 3.8) is 0 Å². The molecule has 0 aliphatic carbocycles. The molecule has 9 heteroatoms. The monoisotopic (exact) mass is 471 g/mol. The van der Waals surface area contributed by atoms with Crippen LogP contribution in [0, 0.1) is 6.92 Å². The molecule has 0 radical (unpaired) electrons. The molecule has 6 nitrogen and oxygen atoms in total. The molecule has 0 saturated heterocycles. The topological polar surface area (TPSA) is 81.2 Å². The Hall–Kier alpha value is -3.00. The number of esters is 1. The Bertz CT molecular complexity index is 1290. The Morgan fingerprint density at radius 3 is 2.74 bits per heavy atom. The second-order valence-electron chi connectivity index (χ2n) is 6.57. The largest absolute Gasteiger partial charge is 0.452 e. The van der Waals surface area contributed by atoms with Gasteiger partial charge in [0.1, 0.15) is 0 Å². The van der Waals surface area contributed by atoms with Gasteiger partial charge in [-0.05, 0) is 36.1 Å². The maximum absolute atomic E-state index is 12.8. The number of rotatable bonds is 5. The van der Waals surface area contributed by atoms with E-state index in [2.05, 4.69) is 15.3 Å². The van der Waals surface area contributed by atoms with Crippen LogP contribution in [0.4, 0.5) is 5.82 Å². The molecule has 0 spiro atoms. The zero-order valence-corrected chi connectivity index (χ0v) is 18.5. The number of carbonyl (C=O) groups is 2. The Morgan fingerprint density at radius 2 is 1.97 bits per heavy atom. The van der Waals surface area contributed by atoms with Crippen LogP contribution in [0.5, 0.6) is 0 Å². The number of nitrogens with one attached hydrogen (secondary N) is 1. The third-order valence-electron chi connectivity index (χ3n) is 4.50. The minimum Gasteiger partial charge on any atom is -0.452 e. The molecule has 0 aliphatic rings. The van der Waals surface area contributed by atoms with Crippen LogP contribution in [0.15, 0.2) is 54.0 Å². The highest BCUT2D eigenvalue weighted by Gasteiger charge is 2.18. The summed E-state index contributed by atoms with van der Waals surface area (Å²) in [5, 5.41) is 5.73. The molecule has 0 saturated carbocycles. The normalized spacial score (nSPS) is 10.8. The fourth-order valence-electron chi connectivity index (χ4n) is 2.92. The smallest absolute Gasteiger partial charge is 0.339 e. The minimum absolute atomic E-state index is 0.152. The number of ether oxygens (including phenoxy) is 1. The molecule has 1 aromatic carbocycles. The maximum Gasteiger partial charge on any atom is 0.339 e. The lowest BCUT2D eigenvalue weighted by Crippen LogP contribution is -2.22. The number of anilines is 1. The molecular weight excluding hydrogens is 457 g/mol. The number of amides is 1. The van der Waals surface area contributed by atoms with E-state index in [4.69, 9.17) is 27.9 Å². The summed E-state index contributed by atoms with van der Waals surface area (Å²) < 4.78 is 5.26. The van der Waals surface area contributed by atoms with E-state index < -0.39 is 18.5 Å². The van der Waals surface area contributed by atoms with Crippen LogP contribution >= 0.6 is 34.5 Å². The van der Waals surface area contributed by atoms with E-state index in [0.717, 1.165) is 4.88 Å². The van der Waals surface area contributed by atoms with Gasteiger partial charge in [-0.25, -0.2) is 14.8 Å². The van der Waals surface area contributed by atoms with Gasteiger partial charge in [0.15, 0.2) is 12.4 Å². The first-order chi connectivity index (χ1) is 14.9. The van der Waals surface area contributed by atoms with Gasteiger partial charge in [0.2, 0.25) is 0 Å². The van der Waals surface area contributed by atoms with Gasteiger partial charge >= 0.3 is 5.97 Å². The molecule has 1 N–H and O–H groups in total. The molecule has 1 amide bonds. The van der Waals surface area contributed by atoms with Crippen LogP contribution in [-0.2, 0) is 9.53 Å². The number of benzene rings is 1. The summed E-state index contributed by atoms with van der Waals surface area (Å²) in [5.41, 5.74) is 2.26. The molecule has 4 aromatic rings. The van der Waals surface area contributed by atoms with Crippen LogP contribution in [0.25, 0.3) is 21.5 Å². The van der Waals surface area contributed by atoms with Gasteiger partial charge < -0.3 is 10.1 Å². The number of pyridine rings is 2. The quantitative estimate of drug-likeness (QED) is 0.373. The van der Waals surface area contributed by atoms with Crippen molar-refractivity contribution in [3.8, 4) is 10.6 Å². The number of para-hydroxylation sites is 1. The summed E-state index contributed by atoms with van der Waals surface area (Å²) >= 11 is 13.6. The maximum atomic E-state index is 12.8. The molecule has 0 unspecified atom stereocenters. The van der Waals surface area contributed by atoms with Gasteiger partial charge in [-0.1, -0.05) is 47.5 Å². The van der Waals surface area contributed by atoms with Crippen molar-refractivity contribution < 1.29 is 14.3 Å². The molecular formula is C22H15Cl2N3O3S. The van der Waals surface area contributed by atoms with Crippen molar-refractivity contribution in [2.45, 2.75) is 6.92 Å². The first-order valence-electron chi connectivity index (χ1n) is 9.15. The van der Waals surface area contributed by atoms with Gasteiger partial charge in [0, 0.05) is 11.6 Å². The van der Waals surface area contributed by atoms with Crippen LogP contribution < -0.4 is 5.32 Å². The van der Waals surface area contributed by atoms with Crippen LogP contribution in [-0.4, -0.2) is 28.5 Å². The Labute approximate surface area is 191 Å². The standard InChI is InChI=1S/C22H15Cl2N3O3S/c1-12-15(23)10-25-21(20(12)24)27-19(28)11-30-22(29)14-9-17(18-7-4-8-31-18)26-16-6-3-2-5-13(14)16/h2-10H,11H2,1H3,(H,25,27,28). The predicted molar refractivity (Wildman–Crippen MR) is 123 cm³/mol. The van der Waals surface area contributed by atoms with E-state index in [1.165, 1.54) is 17.5 Å². The first-order valence-corrected chi connectivity index (χ1v) is 10.8. The highest BCUT2D eigenvalue weighted by molar-refractivity contribution is 7.13. The zero-order chi connectivity index (χ0) is 22.0. The van der Waals surface area contributed by atoms with Gasteiger partial charge in [0.25, 0.3) is 5.91 Å². The number of hydrogen-bond donors (Lipinski definition) is 1. The fraction of sp³-hybridized carbons (Fsp3) is 0.0909. The fourth-order valence-corrected chi connectivity index (χ4v) is 3.99. The van der Waals surface area contributed by atoms with Crippen LogP contribution in [0.3, 0.4) is 0 Å². The van der Waals surface area contributed by atoms with E-state index in [-0.39, 0.29) is 10.8 Å². The summed E-state index contributed by atoms with van der Waals surface area (Å²) in [6.07, 6.45) is 1.39. The van der Waals surface area contributed by atoms with E-state index >= 15 is 0 Å². The second kappa shape index (κ2) is 9.01. The summed E-state index contributed by atoms with van der Waals surface area (Å²) in [4.78, 5) is 34.7. The lowest BCUT2D eigenvalue weighted by Gasteiger charge is -2.11. The summed E-state index contributed by atoms with van der Waals surface area (Å²) in [7, 11) is 0. The SMILES string of the molecule is Cc1c(Cl)cnc(NC(=O)COC(=O)c2cc(-c3cccs3)nc3ccccc23)c1Cl. The highest BCUT2D eigenvalue weighted by atomic mass is 35.5. The number of carbonyl (C=O) groups excluding carboxylic acids is 2. The van der Waals surface area contributed by atoms with Crippen LogP contribution in [0.2, 0.25) is 10.0 Å². The number of aromatic nitrogens is 2. The van der Waals surface area contributed by atoms with Gasteiger partial charge in [-0.2, -0.15) is 0 Å². The predicted octanol–water partition coefficient (Wildman–Crippen LogP) is 5.77. The van der Waals surface area contributed by atoms with Crippen molar-refractivity contribution in [3.05, 3.63) is 75.2 Å². The molecule has 31 heavy (non-hydrogen) atoms. The average molecular weight is 472 g/mol. The van der Waals surface area contributed by atoms with Crippen molar-refractivity contribution >= 4 is 63.1 Å². The zero-order valence-electron chi connectivity index (χ0n) is 16.2. The molecule has 0 fully saturated rings. The van der Waals surface area contributed by atoms with E-state index in [0.29, 0.717) is 32.7 Å². The molecule has 0 atom stereocenters. The second-order valence-corrected chi connectivity index (χ2v) is 8.30. The summed E-state index contributed by atoms with van der Waals surface area (Å²) in [6.45, 7) is 1.21. The van der Waals surface area contributed by atoms with Gasteiger partial charge in [0.05, 0.1) is 31.7 Å². The summed E-state index contributed by atoms with van der Waals surface area (Å²) in [6, 6.07) is 12.8. The highest BCUT2D eigenvalue weighted by Crippen LogP contribution is 2.29.